The fourth-order valence-corrected chi connectivity index (χ4v) is 5.07. The highest BCUT2D eigenvalue weighted by molar-refractivity contribution is 5.80. The normalized spacial score (nSPS) is 31.0. The molecule has 154 valence electrons. The average Bonchev–Trinajstić information content (AvgIpc) is 3.29. The molecule has 29 heavy (non-hydrogen) atoms. The molecule has 0 unspecified atom stereocenters. The number of nitriles is 1. The molecule has 2 amide bonds. The molecule has 1 aromatic heterocycles. The number of urea groups is 1. The van der Waals surface area contributed by atoms with Gasteiger partial charge in [0.05, 0.1) is 11.0 Å². The number of aromatic nitrogens is 1. The van der Waals surface area contributed by atoms with E-state index in [1.54, 1.807) is 17.0 Å². The molecule has 1 saturated heterocycles. The van der Waals surface area contributed by atoms with Crippen LogP contribution in [0.3, 0.4) is 0 Å². The van der Waals surface area contributed by atoms with Crippen LogP contribution in [0.4, 0.5) is 4.79 Å². The van der Waals surface area contributed by atoms with E-state index >= 15 is 0 Å². The van der Waals surface area contributed by atoms with Gasteiger partial charge in [-0.1, -0.05) is 6.42 Å². The van der Waals surface area contributed by atoms with Gasteiger partial charge >= 0.3 is 12.0 Å². The van der Waals surface area contributed by atoms with Crippen molar-refractivity contribution in [2.45, 2.75) is 57.1 Å². The van der Waals surface area contributed by atoms with Crippen LogP contribution in [-0.2, 0) is 4.79 Å². The van der Waals surface area contributed by atoms with E-state index in [1.807, 2.05) is 6.07 Å². The van der Waals surface area contributed by atoms with Gasteiger partial charge in [0, 0.05) is 31.4 Å². The molecule has 0 aromatic carbocycles. The SMILES string of the molecule is N#Cc1ccc(OC2CCC(NC(=O)N3C[C@@H]4CCC[C@@]4(C(=O)O)C3)CC2)nc1. The molecule has 8 heteroatoms. The van der Waals surface area contributed by atoms with Crippen molar-refractivity contribution in [2.24, 2.45) is 11.3 Å². The number of pyridine rings is 1. The lowest BCUT2D eigenvalue weighted by molar-refractivity contribution is -0.149. The molecule has 2 heterocycles. The maximum absolute atomic E-state index is 12.7. The molecule has 2 saturated carbocycles. The Balaban J connectivity index is 1.25. The van der Waals surface area contributed by atoms with Crippen molar-refractivity contribution in [1.82, 2.24) is 15.2 Å². The average molecular weight is 398 g/mol. The number of likely N-dealkylation sites (tertiary alicyclic amines) is 1. The van der Waals surface area contributed by atoms with Crippen molar-refractivity contribution in [3.8, 4) is 11.9 Å². The molecule has 0 radical (unpaired) electrons. The van der Waals surface area contributed by atoms with Gasteiger partial charge in [-0.2, -0.15) is 5.26 Å². The zero-order valence-corrected chi connectivity index (χ0v) is 16.3. The molecule has 2 aliphatic carbocycles. The summed E-state index contributed by atoms with van der Waals surface area (Å²) in [5.41, 5.74) is -0.240. The van der Waals surface area contributed by atoms with Gasteiger partial charge in [-0.05, 0) is 50.5 Å². The van der Waals surface area contributed by atoms with E-state index in [-0.39, 0.29) is 24.1 Å². The number of hydrogen-bond donors (Lipinski definition) is 2. The fourth-order valence-electron chi connectivity index (χ4n) is 5.07. The number of fused-ring (bicyclic) bond motifs is 1. The predicted octanol–water partition coefficient (Wildman–Crippen LogP) is 2.54. The standard InChI is InChI=1S/C21H26N4O4/c22-10-14-3-8-18(23-11-14)29-17-6-4-16(5-7-17)24-20(28)25-12-15-2-1-9-21(15,13-25)19(26)27/h3,8,11,15-17H,1-2,4-7,9,12-13H2,(H,24,28)(H,26,27)/t15-,16?,17?,21+/m0/s1. The van der Waals surface area contributed by atoms with Gasteiger partial charge in [0.1, 0.15) is 12.2 Å². The predicted molar refractivity (Wildman–Crippen MR) is 103 cm³/mol. The first-order valence-corrected chi connectivity index (χ1v) is 10.3. The summed E-state index contributed by atoms with van der Waals surface area (Å²) in [6.45, 7) is 0.864. The quantitative estimate of drug-likeness (QED) is 0.805. The van der Waals surface area contributed by atoms with Crippen molar-refractivity contribution in [3.63, 3.8) is 0 Å². The number of carboxylic acids is 1. The first-order chi connectivity index (χ1) is 14.0. The second-order valence-corrected chi connectivity index (χ2v) is 8.47. The van der Waals surface area contributed by atoms with E-state index in [9.17, 15) is 14.7 Å². The van der Waals surface area contributed by atoms with Crippen molar-refractivity contribution >= 4 is 12.0 Å². The molecule has 4 rings (SSSR count). The van der Waals surface area contributed by atoms with Crippen molar-refractivity contribution in [1.29, 1.82) is 5.26 Å². The molecule has 2 N–H and O–H groups in total. The molecule has 1 aliphatic heterocycles. The Kier molecular flexibility index (Phi) is 5.31. The highest BCUT2D eigenvalue weighted by Gasteiger charge is 2.55. The third-order valence-corrected chi connectivity index (χ3v) is 6.74. The first kappa shape index (κ1) is 19.5. The molecule has 2 atom stereocenters. The Morgan fingerprint density at radius 3 is 2.69 bits per heavy atom. The van der Waals surface area contributed by atoms with Crippen LogP contribution in [0.1, 0.15) is 50.5 Å². The summed E-state index contributed by atoms with van der Waals surface area (Å²) in [6, 6.07) is 5.36. The van der Waals surface area contributed by atoms with Gasteiger partial charge in [0.2, 0.25) is 5.88 Å². The number of nitrogens with one attached hydrogen (secondary N) is 1. The molecular weight excluding hydrogens is 372 g/mol. The topological polar surface area (TPSA) is 116 Å². The number of amides is 2. The van der Waals surface area contributed by atoms with E-state index in [1.165, 1.54) is 6.20 Å². The van der Waals surface area contributed by atoms with Crippen LogP contribution < -0.4 is 10.1 Å². The smallest absolute Gasteiger partial charge is 0.317 e. The Hall–Kier alpha value is -2.82. The zero-order valence-electron chi connectivity index (χ0n) is 16.3. The maximum atomic E-state index is 12.7. The van der Waals surface area contributed by atoms with Crippen molar-refractivity contribution in [3.05, 3.63) is 23.9 Å². The second kappa shape index (κ2) is 7.90. The van der Waals surface area contributed by atoms with E-state index in [4.69, 9.17) is 10.00 Å². The van der Waals surface area contributed by atoms with Gasteiger partial charge in [-0.15, -0.1) is 0 Å². The van der Waals surface area contributed by atoms with Crippen LogP contribution >= 0.6 is 0 Å². The summed E-state index contributed by atoms with van der Waals surface area (Å²) < 4.78 is 5.89. The highest BCUT2D eigenvalue weighted by atomic mass is 16.5. The Morgan fingerprint density at radius 1 is 1.28 bits per heavy atom. The molecule has 3 fully saturated rings. The maximum Gasteiger partial charge on any atom is 0.317 e. The minimum Gasteiger partial charge on any atom is -0.481 e. The van der Waals surface area contributed by atoms with Crippen LogP contribution in [0, 0.1) is 22.7 Å². The van der Waals surface area contributed by atoms with Crippen LogP contribution in [0.25, 0.3) is 0 Å². The number of hydrogen-bond acceptors (Lipinski definition) is 5. The molecule has 0 bridgehead atoms. The summed E-state index contributed by atoms with van der Waals surface area (Å²) in [5, 5.41) is 21.6. The molecule has 1 aromatic rings. The molecule has 0 spiro atoms. The lowest BCUT2D eigenvalue weighted by Crippen LogP contribution is -2.47. The van der Waals surface area contributed by atoms with Gasteiger partial charge in [-0.25, -0.2) is 9.78 Å². The van der Waals surface area contributed by atoms with Gasteiger partial charge in [-0.3, -0.25) is 4.79 Å². The molecule has 8 nitrogen and oxygen atoms in total. The van der Waals surface area contributed by atoms with E-state index in [0.717, 1.165) is 38.5 Å². The number of aliphatic carboxylic acids is 1. The largest absolute Gasteiger partial charge is 0.481 e. The third-order valence-electron chi connectivity index (χ3n) is 6.74. The van der Waals surface area contributed by atoms with Crippen molar-refractivity contribution in [2.75, 3.05) is 13.1 Å². The first-order valence-electron chi connectivity index (χ1n) is 10.3. The summed E-state index contributed by atoms with van der Waals surface area (Å²) in [4.78, 5) is 30.3. The fraction of sp³-hybridized carbons (Fsp3) is 0.619. The van der Waals surface area contributed by atoms with Gasteiger partial charge in [0.25, 0.3) is 0 Å². The molecule has 3 aliphatic rings. The van der Waals surface area contributed by atoms with Crippen LogP contribution in [0.15, 0.2) is 18.3 Å². The number of rotatable bonds is 4. The number of carboxylic acid groups (broad SMARTS) is 1. The Labute approximate surface area is 169 Å². The Bertz CT molecular complexity index is 813. The highest BCUT2D eigenvalue weighted by Crippen LogP contribution is 2.48. The van der Waals surface area contributed by atoms with Crippen molar-refractivity contribution < 1.29 is 19.4 Å². The third kappa shape index (κ3) is 3.86. The van der Waals surface area contributed by atoms with E-state index in [2.05, 4.69) is 10.3 Å². The molecular formula is C21H26N4O4. The number of nitrogens with zero attached hydrogens (tertiary/aromatic N) is 3. The monoisotopic (exact) mass is 398 g/mol. The second-order valence-electron chi connectivity index (χ2n) is 8.47. The summed E-state index contributed by atoms with van der Waals surface area (Å²) >= 11 is 0. The van der Waals surface area contributed by atoms with Gasteiger partial charge < -0.3 is 20.1 Å². The summed E-state index contributed by atoms with van der Waals surface area (Å²) in [7, 11) is 0. The zero-order chi connectivity index (χ0) is 20.4. The van der Waals surface area contributed by atoms with Crippen LogP contribution in [-0.4, -0.2) is 52.2 Å². The number of ether oxygens (including phenoxy) is 1. The lowest BCUT2D eigenvalue weighted by atomic mass is 9.81. The Morgan fingerprint density at radius 2 is 2.07 bits per heavy atom. The summed E-state index contributed by atoms with van der Waals surface area (Å²) in [6.07, 6.45) is 7.29. The lowest BCUT2D eigenvalue weighted by Gasteiger charge is -2.31. The van der Waals surface area contributed by atoms with Crippen LogP contribution in [0.2, 0.25) is 0 Å². The summed E-state index contributed by atoms with van der Waals surface area (Å²) in [5.74, 6) is -0.168. The number of carbonyl (C=O) groups excluding carboxylic acids is 1. The minimum absolute atomic E-state index is 0.0463. The van der Waals surface area contributed by atoms with Gasteiger partial charge in [0.15, 0.2) is 0 Å². The van der Waals surface area contributed by atoms with E-state index < -0.39 is 11.4 Å². The van der Waals surface area contributed by atoms with Crippen LogP contribution in [0.5, 0.6) is 5.88 Å². The number of carbonyl (C=O) groups is 2. The minimum atomic E-state index is -0.760. The van der Waals surface area contributed by atoms with E-state index in [0.29, 0.717) is 31.0 Å².